The number of halogens is 1. The highest BCUT2D eigenvalue weighted by Crippen LogP contribution is 2.34. The fourth-order valence-corrected chi connectivity index (χ4v) is 3.62. The molecule has 1 N–H and O–H groups in total. The van der Waals surface area contributed by atoms with Gasteiger partial charge in [0.2, 0.25) is 0 Å². The highest BCUT2D eigenvalue weighted by atomic mass is 19.1. The Morgan fingerprint density at radius 2 is 2.14 bits per heavy atom. The molecule has 0 aromatic carbocycles. The van der Waals surface area contributed by atoms with Crippen molar-refractivity contribution < 1.29 is 9.13 Å². The van der Waals surface area contributed by atoms with Gasteiger partial charge in [-0.25, -0.2) is 13.9 Å². The van der Waals surface area contributed by atoms with Crippen molar-refractivity contribution in [2.45, 2.75) is 19.3 Å². The Morgan fingerprint density at radius 3 is 2.86 bits per heavy atom. The van der Waals surface area contributed by atoms with E-state index in [2.05, 4.69) is 20.3 Å². The average molecular weight is 382 g/mol. The number of nitrogens with zero attached hydrogens (tertiary/aromatic N) is 7. The Hall–Kier alpha value is -3.27. The van der Waals surface area contributed by atoms with Crippen LogP contribution in [0.1, 0.15) is 6.92 Å². The summed E-state index contributed by atoms with van der Waals surface area (Å²) in [5, 5.41) is 16.0. The predicted octanol–water partition coefficient (Wildman–Crippen LogP) is 2.04. The lowest BCUT2D eigenvalue weighted by molar-refractivity contribution is 0.0284. The molecule has 1 aliphatic rings. The molecule has 0 radical (unpaired) electrons. The zero-order chi connectivity index (χ0) is 19.3. The molecule has 0 amide bonds. The van der Waals surface area contributed by atoms with Crippen LogP contribution in [0.4, 0.5) is 10.2 Å². The molecule has 144 valence electrons. The number of fused-ring (bicyclic) bond motifs is 1. The van der Waals surface area contributed by atoms with Crippen LogP contribution in [-0.4, -0.2) is 60.1 Å². The smallest absolute Gasteiger partial charge is 0.197 e. The molecular weight excluding hydrogens is 363 g/mol. The Bertz CT molecular complexity index is 1110. The molecule has 4 aromatic heterocycles. The van der Waals surface area contributed by atoms with Crippen molar-refractivity contribution in [3.05, 3.63) is 36.8 Å². The molecule has 2 atom stereocenters. The van der Waals surface area contributed by atoms with Gasteiger partial charge in [0, 0.05) is 25.0 Å². The van der Waals surface area contributed by atoms with Gasteiger partial charge >= 0.3 is 0 Å². The number of aromatic amines is 1. The molecule has 0 spiro atoms. The summed E-state index contributed by atoms with van der Waals surface area (Å²) in [6.07, 6.45) is 3.82. The van der Waals surface area contributed by atoms with Crippen molar-refractivity contribution in [1.29, 1.82) is 0 Å². The van der Waals surface area contributed by atoms with Gasteiger partial charge in [0.05, 0.1) is 36.7 Å². The van der Waals surface area contributed by atoms with E-state index >= 15 is 0 Å². The maximum Gasteiger partial charge on any atom is 0.197 e. The first-order valence-electron chi connectivity index (χ1n) is 9.00. The minimum absolute atomic E-state index is 0.00617. The van der Waals surface area contributed by atoms with E-state index in [1.54, 1.807) is 32.7 Å². The second kappa shape index (κ2) is 6.41. The third kappa shape index (κ3) is 2.56. The minimum atomic E-state index is -1.29. The van der Waals surface area contributed by atoms with E-state index in [4.69, 9.17) is 9.84 Å². The van der Waals surface area contributed by atoms with Crippen LogP contribution in [-0.2, 0) is 11.8 Å². The number of hydrogen-bond donors (Lipinski definition) is 1. The molecule has 1 saturated heterocycles. The number of rotatable bonds is 3. The summed E-state index contributed by atoms with van der Waals surface area (Å²) in [5.74, 6) is 1.14. The van der Waals surface area contributed by atoms with E-state index in [1.165, 1.54) is 0 Å². The highest BCUT2D eigenvalue weighted by Gasteiger charge is 2.33. The third-order valence-electron chi connectivity index (χ3n) is 4.97. The molecule has 0 aliphatic carbocycles. The zero-order valence-electron chi connectivity index (χ0n) is 15.4. The minimum Gasteiger partial charge on any atom is -0.374 e. The molecule has 1 fully saturated rings. The van der Waals surface area contributed by atoms with Gasteiger partial charge in [0.1, 0.15) is 5.69 Å². The van der Waals surface area contributed by atoms with Crippen molar-refractivity contribution in [2.75, 3.05) is 18.1 Å². The lowest BCUT2D eigenvalue weighted by Gasteiger charge is -2.37. The van der Waals surface area contributed by atoms with Gasteiger partial charge in [-0.3, -0.25) is 9.78 Å². The summed E-state index contributed by atoms with van der Waals surface area (Å²) in [5.41, 5.74) is 3.17. The van der Waals surface area contributed by atoms with Gasteiger partial charge in [-0.15, -0.1) is 5.10 Å². The summed E-state index contributed by atoms with van der Waals surface area (Å²) in [6.45, 7) is 2.36. The number of H-pyrrole nitrogens is 1. The topological polar surface area (TPSA) is 89.2 Å². The van der Waals surface area contributed by atoms with Crippen LogP contribution < -0.4 is 4.90 Å². The molecule has 10 heteroatoms. The summed E-state index contributed by atoms with van der Waals surface area (Å²) in [4.78, 5) is 6.15. The predicted molar refractivity (Wildman–Crippen MR) is 100 cm³/mol. The van der Waals surface area contributed by atoms with Crippen LogP contribution in [0.2, 0.25) is 0 Å². The van der Waals surface area contributed by atoms with Gasteiger partial charge in [-0.1, -0.05) is 0 Å². The van der Waals surface area contributed by atoms with E-state index < -0.39 is 6.30 Å². The van der Waals surface area contributed by atoms with Crippen LogP contribution in [0.3, 0.4) is 0 Å². The lowest BCUT2D eigenvalue weighted by atomic mass is 10.1. The number of ether oxygens (including phenoxy) is 1. The quantitative estimate of drug-likeness (QED) is 0.546. The summed E-state index contributed by atoms with van der Waals surface area (Å²) in [7, 11) is 1.85. The molecule has 5 rings (SSSR count). The van der Waals surface area contributed by atoms with Gasteiger partial charge in [-0.05, 0) is 25.1 Å². The van der Waals surface area contributed by atoms with E-state index in [0.29, 0.717) is 18.2 Å². The fraction of sp³-hybridized carbons (Fsp3) is 0.333. The molecule has 28 heavy (non-hydrogen) atoms. The van der Waals surface area contributed by atoms with Crippen molar-refractivity contribution in [3.63, 3.8) is 0 Å². The molecular formula is C18H19FN8O. The van der Waals surface area contributed by atoms with E-state index in [-0.39, 0.29) is 12.6 Å². The van der Waals surface area contributed by atoms with Gasteiger partial charge in [0.25, 0.3) is 0 Å². The fourth-order valence-electron chi connectivity index (χ4n) is 3.62. The van der Waals surface area contributed by atoms with Crippen molar-refractivity contribution in [3.8, 4) is 22.8 Å². The normalized spacial score (nSPS) is 20.2. The van der Waals surface area contributed by atoms with Crippen molar-refractivity contribution in [2.24, 2.45) is 7.05 Å². The second-order valence-electron chi connectivity index (χ2n) is 6.84. The lowest BCUT2D eigenvalue weighted by Crippen LogP contribution is -2.49. The Labute approximate surface area is 159 Å². The molecule has 1 aliphatic heterocycles. The van der Waals surface area contributed by atoms with Crippen molar-refractivity contribution >= 4 is 11.3 Å². The van der Waals surface area contributed by atoms with Crippen LogP contribution in [0, 0.1) is 0 Å². The third-order valence-corrected chi connectivity index (χ3v) is 4.97. The Morgan fingerprint density at radius 1 is 1.25 bits per heavy atom. The van der Waals surface area contributed by atoms with E-state index in [1.807, 2.05) is 32.2 Å². The van der Waals surface area contributed by atoms with E-state index in [9.17, 15) is 4.39 Å². The number of nitrogens with one attached hydrogen (secondary N) is 1. The molecule has 0 bridgehead atoms. The molecule has 0 saturated carbocycles. The van der Waals surface area contributed by atoms with Crippen LogP contribution in [0.15, 0.2) is 36.8 Å². The average Bonchev–Trinajstić information content (AvgIpc) is 3.41. The van der Waals surface area contributed by atoms with Gasteiger partial charge in [0.15, 0.2) is 17.9 Å². The van der Waals surface area contributed by atoms with Crippen molar-refractivity contribution in [1.82, 2.24) is 34.6 Å². The number of aryl methyl sites for hydroxylation is 1. The van der Waals surface area contributed by atoms with Gasteiger partial charge < -0.3 is 9.64 Å². The highest BCUT2D eigenvalue weighted by molar-refractivity contribution is 5.78. The standard InChI is InChI=1S/C18H19FN8O/c1-11-9-28-10-16(19)26(11)17-13(15-4-6-22-25(15)2)7-12-8-20-18(27(12)24-17)14-3-5-21-23-14/h3-8,11,16H,9-10H2,1-2H3,(H,21,23). The summed E-state index contributed by atoms with van der Waals surface area (Å²) >= 11 is 0. The first-order chi connectivity index (χ1) is 13.6. The molecule has 9 nitrogen and oxygen atoms in total. The molecule has 4 aromatic rings. The maximum absolute atomic E-state index is 14.9. The Kier molecular flexibility index (Phi) is 3.86. The maximum atomic E-state index is 14.9. The summed E-state index contributed by atoms with van der Waals surface area (Å²) < 4.78 is 23.7. The number of morpholine rings is 1. The first kappa shape index (κ1) is 16.9. The number of anilines is 1. The van der Waals surface area contributed by atoms with Crippen LogP contribution >= 0.6 is 0 Å². The monoisotopic (exact) mass is 382 g/mol. The number of aromatic nitrogens is 7. The SMILES string of the molecule is CC1COCC(F)N1c1nn2c(-c3ccn[nH]3)ncc2cc1-c1ccnn1C. The number of hydrogen-bond acceptors (Lipinski definition) is 6. The van der Waals surface area contributed by atoms with Crippen LogP contribution in [0.5, 0.6) is 0 Å². The second-order valence-corrected chi connectivity index (χ2v) is 6.84. The first-order valence-corrected chi connectivity index (χ1v) is 9.00. The number of alkyl halides is 1. The van der Waals surface area contributed by atoms with Gasteiger partial charge in [-0.2, -0.15) is 10.2 Å². The largest absolute Gasteiger partial charge is 0.374 e. The number of imidazole rings is 1. The molecule has 2 unspecified atom stereocenters. The Balaban J connectivity index is 1.77. The zero-order valence-corrected chi connectivity index (χ0v) is 15.4. The van der Waals surface area contributed by atoms with E-state index in [0.717, 1.165) is 22.5 Å². The van der Waals surface area contributed by atoms with Crippen LogP contribution in [0.25, 0.3) is 28.3 Å². The summed E-state index contributed by atoms with van der Waals surface area (Å²) in [6, 6.07) is 5.50. The molecule has 5 heterocycles.